The highest BCUT2D eigenvalue weighted by atomic mass is 16.9. The van der Waals surface area contributed by atoms with Crippen molar-refractivity contribution in [2.75, 3.05) is 18.9 Å². The average molecular weight is 323 g/mol. The predicted octanol–water partition coefficient (Wildman–Crippen LogP) is -0.598. The number of imidazole rings is 1. The second kappa shape index (κ2) is 5.65. The smallest absolute Gasteiger partial charge is 0.272 e. The molecule has 0 amide bonds. The number of aliphatic hydroxyl groups excluding tert-OH is 1. The van der Waals surface area contributed by atoms with E-state index >= 15 is 0 Å². The molecule has 0 aromatic carbocycles. The molecule has 2 aromatic rings. The molecule has 2 aromatic heterocycles. The largest absolute Gasteiger partial charge is 0.394 e. The Morgan fingerprint density at radius 1 is 1.26 bits per heavy atom. The van der Waals surface area contributed by atoms with Crippen LogP contribution in [0.15, 0.2) is 12.7 Å². The van der Waals surface area contributed by atoms with Gasteiger partial charge in [0.15, 0.2) is 17.7 Å². The van der Waals surface area contributed by atoms with Gasteiger partial charge in [-0.05, 0) is 6.92 Å². The molecule has 124 valence electrons. The lowest BCUT2D eigenvalue weighted by Crippen LogP contribution is -2.31. The highest BCUT2D eigenvalue weighted by Gasteiger charge is 2.54. The van der Waals surface area contributed by atoms with E-state index < -0.39 is 31.0 Å². The van der Waals surface area contributed by atoms with Crippen LogP contribution in [0, 0.1) is 0 Å². The topological polar surface area (TPSA) is 127 Å². The Bertz CT molecular complexity index is 709. The SMILES string of the molecule is CCO[C@@H]1O[C@H]2[C@H](O1)[C@H](n1cnc3c(N)ncnc31)O[C@H]2CO. The van der Waals surface area contributed by atoms with Crippen molar-refractivity contribution in [3.63, 3.8) is 0 Å². The van der Waals surface area contributed by atoms with Crippen molar-refractivity contribution in [2.45, 2.75) is 37.9 Å². The molecule has 2 aliphatic heterocycles. The van der Waals surface area contributed by atoms with Gasteiger partial charge in [-0.3, -0.25) is 4.57 Å². The maximum absolute atomic E-state index is 9.53. The van der Waals surface area contributed by atoms with E-state index in [0.717, 1.165) is 0 Å². The van der Waals surface area contributed by atoms with E-state index in [-0.39, 0.29) is 12.4 Å². The normalized spacial score (nSPS) is 33.4. The number of nitrogens with zero attached hydrogens (tertiary/aromatic N) is 4. The summed E-state index contributed by atoms with van der Waals surface area (Å²) in [6.07, 6.45) is 0.972. The van der Waals surface area contributed by atoms with Gasteiger partial charge in [0, 0.05) is 6.61 Å². The summed E-state index contributed by atoms with van der Waals surface area (Å²) in [6, 6.07) is 0. The summed E-state index contributed by atoms with van der Waals surface area (Å²) in [6.45, 7) is 1.34. The minimum absolute atomic E-state index is 0.191. The molecule has 0 saturated carbocycles. The highest BCUT2D eigenvalue weighted by molar-refractivity contribution is 5.81. The molecule has 2 saturated heterocycles. The van der Waals surface area contributed by atoms with Gasteiger partial charge >= 0.3 is 0 Å². The van der Waals surface area contributed by atoms with Crippen molar-refractivity contribution < 1.29 is 24.1 Å². The Balaban J connectivity index is 1.69. The monoisotopic (exact) mass is 323 g/mol. The van der Waals surface area contributed by atoms with Crippen molar-refractivity contribution >= 4 is 17.0 Å². The Hall–Kier alpha value is -1.85. The standard InChI is InChI=1S/C13H17N5O5/c1-2-20-13-22-8-6(3-19)21-12(9(8)23-13)18-5-17-7-10(14)15-4-16-11(7)18/h4-6,8-9,12-13,19H,2-3H2,1H3,(H2,14,15,16)/t6-,8+,9-,12+,13+/m0/s1. The predicted molar refractivity (Wildman–Crippen MR) is 75.9 cm³/mol. The van der Waals surface area contributed by atoms with Gasteiger partial charge < -0.3 is 29.8 Å². The molecule has 4 heterocycles. The third-order valence-corrected chi connectivity index (χ3v) is 3.97. The number of ether oxygens (including phenoxy) is 4. The molecule has 2 aliphatic rings. The molecule has 4 rings (SSSR count). The first-order valence-electron chi connectivity index (χ1n) is 7.34. The van der Waals surface area contributed by atoms with Crippen LogP contribution in [0.1, 0.15) is 13.2 Å². The van der Waals surface area contributed by atoms with Crippen molar-refractivity contribution in [3.05, 3.63) is 12.7 Å². The van der Waals surface area contributed by atoms with Gasteiger partial charge in [-0.2, -0.15) is 0 Å². The molecule has 0 unspecified atom stereocenters. The van der Waals surface area contributed by atoms with Crippen molar-refractivity contribution in [1.82, 2.24) is 19.5 Å². The summed E-state index contributed by atoms with van der Waals surface area (Å²) in [5.74, 6) is 0.290. The van der Waals surface area contributed by atoms with Gasteiger partial charge in [0.1, 0.15) is 30.2 Å². The summed E-state index contributed by atoms with van der Waals surface area (Å²) in [7, 11) is 0. The molecule has 2 fully saturated rings. The lowest BCUT2D eigenvalue weighted by Gasteiger charge is -2.20. The van der Waals surface area contributed by atoms with Crippen LogP contribution in [0.3, 0.4) is 0 Å². The fourth-order valence-corrected chi connectivity index (χ4v) is 2.95. The maximum atomic E-state index is 9.53. The van der Waals surface area contributed by atoms with E-state index in [0.29, 0.717) is 17.8 Å². The zero-order chi connectivity index (χ0) is 16.0. The summed E-state index contributed by atoms with van der Waals surface area (Å²) in [5.41, 5.74) is 6.82. The number of fused-ring (bicyclic) bond motifs is 2. The van der Waals surface area contributed by atoms with E-state index in [4.69, 9.17) is 24.7 Å². The van der Waals surface area contributed by atoms with E-state index in [1.54, 1.807) is 10.9 Å². The van der Waals surface area contributed by atoms with Gasteiger partial charge in [-0.15, -0.1) is 0 Å². The van der Waals surface area contributed by atoms with Crippen LogP contribution >= 0.6 is 0 Å². The van der Waals surface area contributed by atoms with Crippen molar-refractivity contribution in [1.29, 1.82) is 0 Å². The first kappa shape index (κ1) is 14.7. The average Bonchev–Trinajstić information content (AvgIpc) is 3.21. The number of rotatable bonds is 4. The molecule has 5 atom stereocenters. The number of anilines is 1. The molecule has 0 spiro atoms. The molecular formula is C13H17N5O5. The summed E-state index contributed by atoms with van der Waals surface area (Å²) in [4.78, 5) is 12.3. The molecule has 10 nitrogen and oxygen atoms in total. The van der Waals surface area contributed by atoms with Crippen LogP contribution in [0.2, 0.25) is 0 Å². The lowest BCUT2D eigenvalue weighted by molar-refractivity contribution is -0.265. The zero-order valence-corrected chi connectivity index (χ0v) is 12.4. The number of aromatic nitrogens is 4. The Morgan fingerprint density at radius 3 is 2.87 bits per heavy atom. The van der Waals surface area contributed by atoms with Crippen LogP contribution < -0.4 is 5.73 Å². The summed E-state index contributed by atoms with van der Waals surface area (Å²) < 4.78 is 24.4. The van der Waals surface area contributed by atoms with Crippen molar-refractivity contribution in [3.8, 4) is 0 Å². The number of nitrogen functional groups attached to an aromatic ring is 1. The van der Waals surface area contributed by atoms with Gasteiger partial charge in [-0.25, -0.2) is 15.0 Å². The number of hydrogen-bond donors (Lipinski definition) is 2. The zero-order valence-electron chi connectivity index (χ0n) is 12.4. The van der Waals surface area contributed by atoms with Gasteiger partial charge in [0.25, 0.3) is 6.48 Å². The second-order valence-electron chi connectivity index (χ2n) is 5.28. The Kier molecular flexibility index (Phi) is 3.62. The molecular weight excluding hydrogens is 306 g/mol. The molecule has 3 N–H and O–H groups in total. The first-order chi connectivity index (χ1) is 11.2. The number of nitrogens with two attached hydrogens (primary N) is 1. The van der Waals surface area contributed by atoms with Crippen molar-refractivity contribution in [2.24, 2.45) is 0 Å². The van der Waals surface area contributed by atoms with Crippen LogP contribution in [-0.2, 0) is 18.9 Å². The van der Waals surface area contributed by atoms with E-state index in [2.05, 4.69) is 15.0 Å². The fourth-order valence-electron chi connectivity index (χ4n) is 2.95. The Morgan fingerprint density at radius 2 is 2.09 bits per heavy atom. The lowest BCUT2D eigenvalue weighted by atomic mass is 10.1. The van der Waals surface area contributed by atoms with Crippen LogP contribution in [0.4, 0.5) is 5.82 Å². The number of aliphatic hydroxyl groups is 1. The van der Waals surface area contributed by atoms with E-state index in [1.165, 1.54) is 6.33 Å². The van der Waals surface area contributed by atoms with Crippen LogP contribution in [-0.4, -0.2) is 62.6 Å². The van der Waals surface area contributed by atoms with Gasteiger partial charge in [0.05, 0.1) is 12.9 Å². The molecule has 0 aliphatic carbocycles. The minimum Gasteiger partial charge on any atom is -0.394 e. The molecule has 23 heavy (non-hydrogen) atoms. The first-order valence-corrected chi connectivity index (χ1v) is 7.34. The summed E-state index contributed by atoms with van der Waals surface area (Å²) in [5, 5.41) is 9.53. The molecule has 0 bridgehead atoms. The van der Waals surface area contributed by atoms with E-state index in [9.17, 15) is 5.11 Å². The quantitative estimate of drug-likeness (QED) is 0.758. The fraction of sp³-hybridized carbons (Fsp3) is 0.615. The molecule has 10 heteroatoms. The Labute approximate surface area is 131 Å². The number of hydrogen-bond acceptors (Lipinski definition) is 9. The van der Waals surface area contributed by atoms with Gasteiger partial charge in [0.2, 0.25) is 0 Å². The highest BCUT2D eigenvalue weighted by Crippen LogP contribution is 2.40. The van der Waals surface area contributed by atoms with Crippen LogP contribution in [0.25, 0.3) is 11.2 Å². The maximum Gasteiger partial charge on any atom is 0.272 e. The second-order valence-corrected chi connectivity index (χ2v) is 5.28. The molecule has 0 radical (unpaired) electrons. The third-order valence-electron chi connectivity index (χ3n) is 3.97. The summed E-state index contributed by atoms with van der Waals surface area (Å²) >= 11 is 0. The van der Waals surface area contributed by atoms with E-state index in [1.807, 2.05) is 6.92 Å². The third kappa shape index (κ3) is 2.26. The minimum atomic E-state index is -0.773. The van der Waals surface area contributed by atoms with Gasteiger partial charge in [-0.1, -0.05) is 0 Å². The van der Waals surface area contributed by atoms with Crippen LogP contribution in [0.5, 0.6) is 0 Å².